The molecule has 0 amide bonds. The Morgan fingerprint density at radius 2 is 2.12 bits per heavy atom. The molecule has 1 N–H and O–H groups in total. The van der Waals surface area contributed by atoms with Crippen LogP contribution in [0.25, 0.3) is 0 Å². The molecule has 0 saturated heterocycles. The third-order valence-corrected chi connectivity index (χ3v) is 5.02. The number of nitrogens with one attached hydrogen (secondary N) is 1. The summed E-state index contributed by atoms with van der Waals surface area (Å²) < 4.78 is 5.29. The Labute approximate surface area is 157 Å². The molecule has 0 radical (unpaired) electrons. The summed E-state index contributed by atoms with van der Waals surface area (Å²) in [6.07, 6.45) is 3.46. The molecule has 1 atom stereocenters. The number of hydrogen-bond acceptors (Lipinski definition) is 5. The van der Waals surface area contributed by atoms with Gasteiger partial charge < -0.3 is 10.1 Å². The third kappa shape index (κ3) is 4.02. The summed E-state index contributed by atoms with van der Waals surface area (Å²) >= 11 is 7.86. The zero-order chi connectivity index (χ0) is 18.4. The van der Waals surface area contributed by atoms with Gasteiger partial charge in [0.1, 0.15) is 0 Å². The first-order valence-electron chi connectivity index (χ1n) is 8.18. The highest BCUT2D eigenvalue weighted by molar-refractivity contribution is 8.02. The SMILES string of the molecule is CCCC1=C(C(=O)OCC)C(c2ccccc2Cl)C(C#N)=C(SC)N1. The standard InChI is InChI=1S/C19H21ClN2O2S/c1-4-8-15-17(19(23)24-5-2)16(12-9-6-7-10-14(12)20)13(11-21)18(22-15)25-3/h6-7,9-10,16,22H,4-5,8H2,1-3H3. The number of nitriles is 1. The molecule has 0 spiro atoms. The summed E-state index contributed by atoms with van der Waals surface area (Å²) in [5.74, 6) is -0.931. The predicted molar refractivity (Wildman–Crippen MR) is 102 cm³/mol. The van der Waals surface area contributed by atoms with E-state index in [1.165, 1.54) is 11.8 Å². The normalized spacial score (nSPS) is 17.2. The minimum Gasteiger partial charge on any atom is -0.463 e. The third-order valence-electron chi connectivity index (χ3n) is 3.95. The summed E-state index contributed by atoms with van der Waals surface area (Å²) in [7, 11) is 0. The number of allylic oxidation sites excluding steroid dienone is 2. The van der Waals surface area contributed by atoms with Crippen LogP contribution < -0.4 is 5.32 Å². The van der Waals surface area contributed by atoms with Crippen LogP contribution in [0.4, 0.5) is 0 Å². The van der Waals surface area contributed by atoms with Crippen molar-refractivity contribution < 1.29 is 9.53 Å². The topological polar surface area (TPSA) is 62.1 Å². The molecule has 1 heterocycles. The number of thioether (sulfide) groups is 1. The largest absolute Gasteiger partial charge is 0.463 e. The van der Waals surface area contributed by atoms with Crippen molar-refractivity contribution in [3.05, 3.63) is 56.7 Å². The van der Waals surface area contributed by atoms with Crippen molar-refractivity contribution >= 4 is 29.3 Å². The number of nitrogens with zero attached hydrogens (tertiary/aromatic N) is 1. The van der Waals surface area contributed by atoms with E-state index < -0.39 is 11.9 Å². The summed E-state index contributed by atoms with van der Waals surface area (Å²) in [6, 6.07) is 9.59. The monoisotopic (exact) mass is 376 g/mol. The molecule has 6 heteroatoms. The zero-order valence-corrected chi connectivity index (χ0v) is 16.1. The molecule has 0 bridgehead atoms. The van der Waals surface area contributed by atoms with E-state index in [0.29, 0.717) is 22.6 Å². The lowest BCUT2D eigenvalue weighted by atomic mass is 9.81. The maximum absolute atomic E-state index is 12.7. The Kier molecular flexibility index (Phi) is 6.98. The number of hydrogen-bond donors (Lipinski definition) is 1. The van der Waals surface area contributed by atoms with Gasteiger partial charge in [0.25, 0.3) is 0 Å². The van der Waals surface area contributed by atoms with Gasteiger partial charge >= 0.3 is 5.97 Å². The second-order valence-corrected chi connectivity index (χ2v) is 6.72. The molecular formula is C19H21ClN2O2S. The van der Waals surface area contributed by atoms with Crippen molar-refractivity contribution in [2.75, 3.05) is 12.9 Å². The van der Waals surface area contributed by atoms with Crippen molar-refractivity contribution in [1.29, 1.82) is 5.26 Å². The molecule has 1 aliphatic rings. The molecular weight excluding hydrogens is 356 g/mol. The van der Waals surface area contributed by atoms with Crippen molar-refractivity contribution in [2.24, 2.45) is 0 Å². The molecule has 1 unspecified atom stereocenters. The summed E-state index contributed by atoms with van der Waals surface area (Å²) in [5.41, 5.74) is 2.51. The van der Waals surface area contributed by atoms with Crippen LogP contribution in [0.5, 0.6) is 0 Å². The fourth-order valence-corrected chi connectivity index (χ4v) is 3.77. The van der Waals surface area contributed by atoms with Crippen molar-refractivity contribution in [3.8, 4) is 6.07 Å². The van der Waals surface area contributed by atoms with E-state index in [9.17, 15) is 10.1 Å². The zero-order valence-electron chi connectivity index (χ0n) is 14.6. The molecule has 1 aromatic rings. The summed E-state index contributed by atoms with van der Waals surface area (Å²) in [4.78, 5) is 12.7. The van der Waals surface area contributed by atoms with Crippen LogP contribution in [0.2, 0.25) is 5.02 Å². The molecule has 0 fully saturated rings. The number of dihydropyridines is 1. The Bertz CT molecular complexity index is 765. The lowest BCUT2D eigenvalue weighted by molar-refractivity contribution is -0.138. The molecule has 0 aliphatic carbocycles. The average Bonchev–Trinajstić information content (AvgIpc) is 2.61. The van der Waals surface area contributed by atoms with Gasteiger partial charge in [-0.15, -0.1) is 11.8 Å². The average molecular weight is 377 g/mol. The van der Waals surface area contributed by atoms with Crippen molar-refractivity contribution in [1.82, 2.24) is 5.32 Å². The highest BCUT2D eigenvalue weighted by Gasteiger charge is 2.36. The quantitative estimate of drug-likeness (QED) is 0.726. The number of ether oxygens (including phenoxy) is 1. The van der Waals surface area contributed by atoms with E-state index in [1.54, 1.807) is 13.0 Å². The van der Waals surface area contributed by atoms with Crippen LogP contribution in [0, 0.1) is 11.3 Å². The number of esters is 1. The van der Waals surface area contributed by atoms with Gasteiger partial charge in [0.2, 0.25) is 0 Å². The van der Waals surface area contributed by atoms with E-state index in [-0.39, 0.29) is 6.61 Å². The Morgan fingerprint density at radius 1 is 1.40 bits per heavy atom. The Balaban J connectivity index is 2.72. The highest BCUT2D eigenvalue weighted by Crippen LogP contribution is 2.43. The van der Waals surface area contributed by atoms with Crippen molar-refractivity contribution in [2.45, 2.75) is 32.6 Å². The Morgan fingerprint density at radius 3 is 2.68 bits per heavy atom. The number of carbonyl (C=O) groups is 1. The van der Waals surface area contributed by atoms with E-state index in [1.807, 2.05) is 31.4 Å². The molecule has 0 saturated carbocycles. The number of carbonyl (C=O) groups excluding carboxylic acids is 1. The van der Waals surface area contributed by atoms with Crippen LogP contribution in [0.3, 0.4) is 0 Å². The number of rotatable bonds is 6. The summed E-state index contributed by atoms with van der Waals surface area (Å²) in [6.45, 7) is 4.09. The minimum absolute atomic E-state index is 0.276. The lowest BCUT2D eigenvalue weighted by Crippen LogP contribution is -2.30. The van der Waals surface area contributed by atoms with Crippen LogP contribution in [0.15, 0.2) is 46.1 Å². The molecule has 1 aliphatic heterocycles. The van der Waals surface area contributed by atoms with Crippen LogP contribution in [-0.2, 0) is 9.53 Å². The lowest BCUT2D eigenvalue weighted by Gasteiger charge is -2.30. The Hall–Kier alpha value is -1.90. The molecule has 2 rings (SSSR count). The maximum atomic E-state index is 12.7. The fraction of sp³-hybridized carbons (Fsp3) is 0.368. The predicted octanol–water partition coefficient (Wildman–Crippen LogP) is 4.74. The smallest absolute Gasteiger partial charge is 0.336 e. The first kappa shape index (κ1) is 19.4. The molecule has 25 heavy (non-hydrogen) atoms. The second-order valence-electron chi connectivity index (χ2n) is 5.50. The molecule has 0 aromatic heterocycles. The molecule has 132 valence electrons. The van der Waals surface area contributed by atoms with Crippen LogP contribution in [0.1, 0.15) is 38.2 Å². The van der Waals surface area contributed by atoms with Crippen LogP contribution in [-0.4, -0.2) is 18.8 Å². The van der Waals surface area contributed by atoms with Crippen LogP contribution >= 0.6 is 23.4 Å². The maximum Gasteiger partial charge on any atom is 0.336 e. The number of halogens is 1. The number of benzene rings is 1. The first-order chi connectivity index (χ1) is 12.1. The van der Waals surface area contributed by atoms with E-state index in [0.717, 1.165) is 22.7 Å². The van der Waals surface area contributed by atoms with E-state index in [2.05, 4.69) is 11.4 Å². The highest BCUT2D eigenvalue weighted by atomic mass is 35.5. The van der Waals surface area contributed by atoms with Gasteiger partial charge in [-0.2, -0.15) is 5.26 Å². The van der Waals surface area contributed by atoms with Crippen molar-refractivity contribution in [3.63, 3.8) is 0 Å². The first-order valence-corrected chi connectivity index (χ1v) is 9.79. The minimum atomic E-state index is -0.525. The van der Waals surface area contributed by atoms with Gasteiger partial charge in [0, 0.05) is 10.7 Å². The van der Waals surface area contributed by atoms with E-state index in [4.69, 9.17) is 16.3 Å². The molecule has 4 nitrogen and oxygen atoms in total. The van der Waals surface area contributed by atoms with Gasteiger partial charge in [0.15, 0.2) is 0 Å². The second kappa shape index (κ2) is 8.98. The van der Waals surface area contributed by atoms with E-state index >= 15 is 0 Å². The van der Waals surface area contributed by atoms with Gasteiger partial charge in [-0.3, -0.25) is 0 Å². The van der Waals surface area contributed by atoms with Gasteiger partial charge in [-0.25, -0.2) is 4.79 Å². The molecule has 1 aromatic carbocycles. The van der Waals surface area contributed by atoms with Gasteiger partial charge in [-0.1, -0.05) is 43.1 Å². The summed E-state index contributed by atoms with van der Waals surface area (Å²) in [5, 5.41) is 14.3. The fourth-order valence-electron chi connectivity index (χ4n) is 2.91. The van der Waals surface area contributed by atoms with Gasteiger partial charge in [-0.05, 0) is 31.2 Å². The van der Waals surface area contributed by atoms with Gasteiger partial charge in [0.05, 0.1) is 34.8 Å².